The number of aliphatic carboxylic acids is 1. The minimum atomic E-state index is -1.11. The fourth-order valence-corrected chi connectivity index (χ4v) is 4.02. The van der Waals surface area contributed by atoms with Gasteiger partial charge in [0, 0.05) is 17.7 Å². The fourth-order valence-electron chi connectivity index (χ4n) is 2.88. The Labute approximate surface area is 127 Å². The Morgan fingerprint density at radius 2 is 2.14 bits per heavy atom. The first-order valence-corrected chi connectivity index (χ1v) is 7.93. The maximum absolute atomic E-state index is 12.0. The van der Waals surface area contributed by atoms with Gasteiger partial charge < -0.3 is 19.9 Å². The van der Waals surface area contributed by atoms with Crippen LogP contribution in [-0.4, -0.2) is 50.7 Å². The first kappa shape index (κ1) is 16.0. The molecule has 1 amide bonds. The summed E-state index contributed by atoms with van der Waals surface area (Å²) in [5, 5.41) is 18.9. The van der Waals surface area contributed by atoms with Gasteiger partial charge in [-0.05, 0) is 26.0 Å². The van der Waals surface area contributed by atoms with Gasteiger partial charge in [0.1, 0.15) is 11.5 Å². The summed E-state index contributed by atoms with van der Waals surface area (Å²) in [5.74, 6) is -1.16. The number of hydrogen-bond donors (Lipinski definition) is 2. The number of fused-ring (bicyclic) bond motifs is 1. The number of ketones is 1. The second-order valence-electron chi connectivity index (χ2n) is 5.48. The highest BCUT2D eigenvalue weighted by Gasteiger charge is 2.56. The maximum atomic E-state index is 12.0. The van der Waals surface area contributed by atoms with Crippen LogP contribution in [0.5, 0.6) is 0 Å². The van der Waals surface area contributed by atoms with E-state index in [0.29, 0.717) is 29.9 Å². The van der Waals surface area contributed by atoms with Crippen molar-refractivity contribution in [3.8, 4) is 0 Å². The van der Waals surface area contributed by atoms with Gasteiger partial charge in [-0.2, -0.15) is 0 Å². The molecule has 0 bridgehead atoms. The number of rotatable bonds is 7. The molecule has 0 aromatic rings. The fraction of sp³-hybridized carbons (Fsp3) is 0.643. The van der Waals surface area contributed by atoms with Gasteiger partial charge in [0.2, 0.25) is 5.91 Å². The maximum Gasteiger partial charge on any atom is 0.353 e. The number of amides is 1. The van der Waals surface area contributed by atoms with Crippen molar-refractivity contribution in [3.05, 3.63) is 10.6 Å². The van der Waals surface area contributed by atoms with E-state index in [9.17, 15) is 24.6 Å². The Bertz CT molecular complexity index is 513. The second kappa shape index (κ2) is 6.19. The number of carbonyl (C=O) groups is 3. The Kier molecular flexibility index (Phi) is 4.73. The lowest BCUT2D eigenvalue weighted by Crippen LogP contribution is -2.61. The molecule has 0 spiro atoms. The number of carboxylic acid groups (broad SMARTS) is 1. The summed E-state index contributed by atoms with van der Waals surface area (Å²) in [5.41, 5.74) is 0.0507. The molecule has 0 aromatic heterocycles. The topological polar surface area (TPSA) is 94.9 Å². The predicted molar refractivity (Wildman–Crippen MR) is 77.5 cm³/mol. The van der Waals surface area contributed by atoms with Crippen molar-refractivity contribution in [3.63, 3.8) is 0 Å². The van der Waals surface area contributed by atoms with E-state index < -0.39 is 18.0 Å². The third-order valence-electron chi connectivity index (χ3n) is 3.84. The van der Waals surface area contributed by atoms with Crippen LogP contribution in [0.25, 0.3) is 0 Å². The van der Waals surface area contributed by atoms with Gasteiger partial charge in [-0.3, -0.25) is 4.79 Å². The zero-order chi connectivity index (χ0) is 15.7. The van der Waals surface area contributed by atoms with Crippen LogP contribution in [0.15, 0.2) is 10.6 Å². The minimum Gasteiger partial charge on any atom is -0.477 e. The molecule has 3 atom stereocenters. The van der Waals surface area contributed by atoms with Gasteiger partial charge in [0.05, 0.1) is 18.1 Å². The highest BCUT2D eigenvalue weighted by atomic mass is 32.2. The number of carboxylic acids is 1. The molecule has 0 aliphatic carbocycles. The Balaban J connectivity index is 2.04. The molecule has 2 N–H and O–H groups in total. The van der Waals surface area contributed by atoms with Crippen molar-refractivity contribution >= 4 is 29.4 Å². The van der Waals surface area contributed by atoms with Crippen LogP contribution in [0.4, 0.5) is 0 Å². The molecule has 0 saturated carbocycles. The monoisotopic (exact) mass is 313 g/mol. The molecule has 2 heterocycles. The van der Waals surface area contributed by atoms with Gasteiger partial charge in [0.25, 0.3) is 0 Å². The van der Waals surface area contributed by atoms with Crippen molar-refractivity contribution in [1.82, 2.24) is 4.90 Å². The molecule has 2 aliphatic rings. The normalized spacial score (nSPS) is 25.7. The zero-order valence-corrected chi connectivity index (χ0v) is 12.9. The van der Waals surface area contributed by atoms with Crippen LogP contribution in [0.2, 0.25) is 0 Å². The van der Waals surface area contributed by atoms with Crippen molar-refractivity contribution in [2.75, 3.05) is 5.75 Å². The molecule has 21 heavy (non-hydrogen) atoms. The van der Waals surface area contributed by atoms with Crippen LogP contribution >= 0.6 is 11.8 Å². The molecule has 1 saturated heterocycles. The van der Waals surface area contributed by atoms with Crippen LogP contribution in [0, 0.1) is 5.92 Å². The molecule has 0 unspecified atom stereocenters. The summed E-state index contributed by atoms with van der Waals surface area (Å²) < 4.78 is 0. The molecule has 2 rings (SSSR count). The quantitative estimate of drug-likeness (QED) is 0.538. The summed E-state index contributed by atoms with van der Waals surface area (Å²) in [6, 6.07) is -0.237. The number of nitrogens with zero attached hydrogens (tertiary/aromatic N) is 1. The lowest BCUT2D eigenvalue weighted by Gasteiger charge is -2.44. The van der Waals surface area contributed by atoms with Gasteiger partial charge in [-0.15, -0.1) is 11.8 Å². The van der Waals surface area contributed by atoms with Crippen molar-refractivity contribution in [1.29, 1.82) is 0 Å². The van der Waals surface area contributed by atoms with E-state index >= 15 is 0 Å². The predicted octanol–water partition coefficient (Wildman–Crippen LogP) is 0.996. The smallest absolute Gasteiger partial charge is 0.353 e. The summed E-state index contributed by atoms with van der Waals surface area (Å²) in [4.78, 5) is 36.2. The Morgan fingerprint density at radius 1 is 1.48 bits per heavy atom. The first-order chi connectivity index (χ1) is 9.84. The summed E-state index contributed by atoms with van der Waals surface area (Å²) >= 11 is 1.40. The van der Waals surface area contributed by atoms with Gasteiger partial charge in [-0.25, -0.2) is 4.79 Å². The van der Waals surface area contributed by atoms with E-state index in [1.165, 1.54) is 23.6 Å². The third kappa shape index (κ3) is 2.98. The first-order valence-electron chi connectivity index (χ1n) is 6.94. The van der Waals surface area contributed by atoms with Gasteiger partial charge in [-0.1, -0.05) is 0 Å². The van der Waals surface area contributed by atoms with Crippen molar-refractivity contribution in [2.24, 2.45) is 5.92 Å². The molecule has 0 radical (unpaired) electrons. The molecule has 6 nitrogen and oxygen atoms in total. The average molecular weight is 313 g/mol. The summed E-state index contributed by atoms with van der Waals surface area (Å²) in [6.45, 7) is 3.08. The van der Waals surface area contributed by atoms with E-state index in [2.05, 4.69) is 0 Å². The SMILES string of the molecule is CC(=O)CCCSC1=C(C(=O)O)N2C(=O)[C@H]([C@@H](C)O)[C@H]2C1. The minimum absolute atomic E-state index is 0.0507. The van der Waals surface area contributed by atoms with Crippen LogP contribution in [0.1, 0.15) is 33.1 Å². The molecular weight excluding hydrogens is 294 g/mol. The van der Waals surface area contributed by atoms with E-state index in [1.54, 1.807) is 6.92 Å². The van der Waals surface area contributed by atoms with Crippen LogP contribution < -0.4 is 0 Å². The third-order valence-corrected chi connectivity index (χ3v) is 5.04. The lowest BCUT2D eigenvalue weighted by atomic mass is 9.83. The molecule has 2 aliphatic heterocycles. The van der Waals surface area contributed by atoms with Gasteiger partial charge >= 0.3 is 5.97 Å². The molecule has 1 fully saturated rings. The average Bonchev–Trinajstić information content (AvgIpc) is 2.68. The number of aliphatic hydroxyl groups is 1. The van der Waals surface area contributed by atoms with Crippen molar-refractivity contribution in [2.45, 2.75) is 45.3 Å². The molecule has 0 aromatic carbocycles. The number of aliphatic hydroxyl groups excluding tert-OH is 1. The van der Waals surface area contributed by atoms with E-state index in [0.717, 1.165) is 0 Å². The Hall–Kier alpha value is -1.34. The molecular formula is C14H19NO5S. The molecule has 7 heteroatoms. The Morgan fingerprint density at radius 3 is 2.67 bits per heavy atom. The van der Waals surface area contributed by atoms with E-state index in [1.807, 2.05) is 0 Å². The van der Waals surface area contributed by atoms with Crippen molar-refractivity contribution < 1.29 is 24.6 Å². The molecule has 116 valence electrons. The number of hydrogen-bond acceptors (Lipinski definition) is 5. The van der Waals surface area contributed by atoms with E-state index in [4.69, 9.17) is 0 Å². The number of β-lactam (4-membered cyclic amide) rings is 1. The number of Topliss-reactive ketones (excluding diaryl/α,β-unsaturated/α-hetero) is 1. The standard InChI is InChI=1S/C14H19NO5S/c1-7(16)4-3-5-21-10-6-9-11(8(2)17)13(18)15(9)12(10)14(19)20/h8-9,11,17H,3-6H2,1-2H3,(H,19,20)/t8-,9-,11-/m1/s1. The lowest BCUT2D eigenvalue weighted by molar-refractivity contribution is -0.161. The van der Waals surface area contributed by atoms with E-state index in [-0.39, 0.29) is 23.4 Å². The number of thioether (sulfide) groups is 1. The summed E-state index contributed by atoms with van der Waals surface area (Å²) in [6.07, 6.45) is 0.879. The van der Waals surface area contributed by atoms with Crippen LogP contribution in [0.3, 0.4) is 0 Å². The summed E-state index contributed by atoms with van der Waals surface area (Å²) in [7, 11) is 0. The highest BCUT2D eigenvalue weighted by molar-refractivity contribution is 8.03. The zero-order valence-electron chi connectivity index (χ0n) is 12.0. The number of carbonyl (C=O) groups excluding carboxylic acids is 2. The largest absolute Gasteiger partial charge is 0.477 e. The van der Waals surface area contributed by atoms with Crippen LogP contribution in [-0.2, 0) is 14.4 Å². The second-order valence-corrected chi connectivity index (χ2v) is 6.67. The van der Waals surface area contributed by atoms with Gasteiger partial charge in [0.15, 0.2) is 0 Å². The highest BCUT2D eigenvalue weighted by Crippen LogP contribution is 2.47.